The van der Waals surface area contributed by atoms with Gasteiger partial charge in [0, 0.05) is 22.1 Å². The van der Waals surface area contributed by atoms with E-state index in [9.17, 15) is 0 Å². The van der Waals surface area contributed by atoms with Crippen molar-refractivity contribution in [2.45, 2.75) is 86.5 Å². The Bertz CT molecular complexity index is 1660. The molecule has 0 radical (unpaired) electrons. The fourth-order valence-electron chi connectivity index (χ4n) is 6.66. The highest BCUT2D eigenvalue weighted by Crippen LogP contribution is 2.42. The van der Waals surface area contributed by atoms with E-state index in [0.29, 0.717) is 0 Å². The minimum atomic E-state index is 0.966. The van der Waals surface area contributed by atoms with Crippen LogP contribution in [0.15, 0.2) is 24.3 Å². The first-order valence-electron chi connectivity index (χ1n) is 14.1. The monoisotopic (exact) mass is 490 g/mol. The number of rotatable bonds is 3. The van der Waals surface area contributed by atoms with Crippen LogP contribution in [0.2, 0.25) is 0 Å². The molecular formula is C33H38N4. The molecular weight excluding hydrogens is 452 g/mol. The van der Waals surface area contributed by atoms with Crippen molar-refractivity contribution in [3.63, 3.8) is 0 Å². The summed E-state index contributed by atoms with van der Waals surface area (Å²) in [6.07, 6.45) is 7.64. The van der Waals surface area contributed by atoms with Crippen LogP contribution in [0.1, 0.15) is 105 Å². The molecule has 0 aromatic carbocycles. The Morgan fingerprint density at radius 2 is 1.11 bits per heavy atom. The van der Waals surface area contributed by atoms with Gasteiger partial charge in [-0.05, 0) is 135 Å². The summed E-state index contributed by atoms with van der Waals surface area (Å²) in [5.74, 6) is 0. The SMILES string of the molecule is CCC1=C(C)c2cc3nc(cc4[nH]c(cc5[nH]c(cc1n2)c(C)c5CC)c(C)c4CC)C1=C3CCCC1. The van der Waals surface area contributed by atoms with Gasteiger partial charge in [-0.3, -0.25) is 0 Å². The number of hydrogen-bond donors (Lipinski definition) is 2. The highest BCUT2D eigenvalue weighted by molar-refractivity contribution is 5.96. The Kier molecular flexibility index (Phi) is 5.94. The third-order valence-corrected chi connectivity index (χ3v) is 8.80. The molecule has 0 spiro atoms. The number of allylic oxidation sites excluding steroid dienone is 4. The molecule has 3 aromatic heterocycles. The summed E-state index contributed by atoms with van der Waals surface area (Å²) in [6.45, 7) is 13.4. The Labute approximate surface area is 220 Å². The quantitative estimate of drug-likeness (QED) is 0.385. The normalized spacial score (nSPS) is 15.5. The van der Waals surface area contributed by atoms with Crippen molar-refractivity contribution in [2.75, 3.05) is 0 Å². The first kappa shape index (κ1) is 24.0. The van der Waals surface area contributed by atoms with E-state index in [1.165, 1.54) is 73.9 Å². The van der Waals surface area contributed by atoms with E-state index < -0.39 is 0 Å². The summed E-state index contributed by atoms with van der Waals surface area (Å²) in [4.78, 5) is 18.0. The second-order valence-corrected chi connectivity index (χ2v) is 10.8. The highest BCUT2D eigenvalue weighted by Gasteiger charge is 2.24. The number of hydrogen-bond acceptors (Lipinski definition) is 2. The third-order valence-electron chi connectivity index (χ3n) is 8.80. The fourth-order valence-corrected chi connectivity index (χ4v) is 6.66. The number of nitrogens with one attached hydrogen (secondary N) is 2. The van der Waals surface area contributed by atoms with Crippen LogP contribution in [0.3, 0.4) is 0 Å². The van der Waals surface area contributed by atoms with E-state index in [-0.39, 0.29) is 0 Å². The second-order valence-electron chi connectivity index (χ2n) is 10.8. The number of aromatic amines is 2. The minimum Gasteiger partial charge on any atom is -0.355 e. The maximum absolute atomic E-state index is 5.25. The highest BCUT2D eigenvalue weighted by atomic mass is 14.8. The van der Waals surface area contributed by atoms with Crippen LogP contribution >= 0.6 is 0 Å². The van der Waals surface area contributed by atoms with Gasteiger partial charge < -0.3 is 9.97 Å². The van der Waals surface area contributed by atoms with Crippen molar-refractivity contribution in [2.24, 2.45) is 0 Å². The topological polar surface area (TPSA) is 57.4 Å². The van der Waals surface area contributed by atoms with Crippen LogP contribution in [-0.4, -0.2) is 19.9 Å². The lowest BCUT2D eigenvalue weighted by Gasteiger charge is -2.13. The van der Waals surface area contributed by atoms with Crippen molar-refractivity contribution in [1.29, 1.82) is 0 Å². The summed E-state index contributed by atoms with van der Waals surface area (Å²) in [6, 6.07) is 9.14. The van der Waals surface area contributed by atoms with E-state index >= 15 is 0 Å². The maximum atomic E-state index is 5.25. The van der Waals surface area contributed by atoms with Crippen LogP contribution in [0.5, 0.6) is 0 Å². The molecule has 4 heteroatoms. The first-order valence-corrected chi connectivity index (χ1v) is 14.1. The first-order chi connectivity index (χ1) is 17.9. The summed E-state index contributed by atoms with van der Waals surface area (Å²) < 4.78 is 0. The zero-order chi connectivity index (χ0) is 25.8. The van der Waals surface area contributed by atoms with Crippen molar-refractivity contribution in [1.82, 2.24) is 19.9 Å². The van der Waals surface area contributed by atoms with Crippen LogP contribution in [0, 0.1) is 13.8 Å². The average molecular weight is 491 g/mol. The van der Waals surface area contributed by atoms with Gasteiger partial charge in [-0.2, -0.15) is 0 Å². The molecule has 6 rings (SSSR count). The molecule has 190 valence electrons. The standard InChI is InChI=1S/C33H38N4/c1-7-21-18(4)26-14-30-22(8-2)19(5)28(35-30)16-32-24-12-10-11-13-25(24)33(37-32)17-31-23(9-3)20(6)27(36-31)15-29(21)34-26/h14-17,34,36H,7-13H2,1-6H3. The van der Waals surface area contributed by atoms with E-state index in [1.54, 1.807) is 0 Å². The molecule has 0 saturated carbocycles. The molecule has 2 N–H and O–H groups in total. The van der Waals surface area contributed by atoms with Crippen molar-refractivity contribution in [3.05, 3.63) is 69.3 Å². The summed E-state index contributed by atoms with van der Waals surface area (Å²) in [5.41, 5.74) is 20.0. The molecule has 8 bridgehead atoms. The molecule has 5 heterocycles. The molecule has 2 aliphatic heterocycles. The van der Waals surface area contributed by atoms with Gasteiger partial charge in [-0.15, -0.1) is 0 Å². The van der Waals surface area contributed by atoms with Gasteiger partial charge >= 0.3 is 0 Å². The summed E-state index contributed by atoms with van der Waals surface area (Å²) in [5, 5.41) is 0. The van der Waals surface area contributed by atoms with E-state index in [1.807, 2.05) is 0 Å². The second kappa shape index (κ2) is 9.16. The van der Waals surface area contributed by atoms with Gasteiger partial charge in [0.15, 0.2) is 0 Å². The third kappa shape index (κ3) is 3.80. The zero-order valence-electron chi connectivity index (χ0n) is 23.2. The lowest BCUT2D eigenvalue weighted by molar-refractivity contribution is 0.756. The van der Waals surface area contributed by atoms with Crippen molar-refractivity contribution >= 4 is 44.4 Å². The Hall–Kier alpha value is -3.40. The minimum absolute atomic E-state index is 0.966. The van der Waals surface area contributed by atoms with Gasteiger partial charge in [-0.1, -0.05) is 20.8 Å². The lowest BCUT2D eigenvalue weighted by atomic mass is 9.90. The molecule has 3 aromatic rings. The number of H-pyrrole nitrogens is 2. The molecule has 4 nitrogen and oxygen atoms in total. The smallest absolute Gasteiger partial charge is 0.0694 e. The van der Waals surface area contributed by atoms with Crippen LogP contribution in [0.25, 0.3) is 44.4 Å². The van der Waals surface area contributed by atoms with Crippen LogP contribution < -0.4 is 0 Å². The largest absolute Gasteiger partial charge is 0.355 e. The van der Waals surface area contributed by atoms with Crippen molar-refractivity contribution in [3.8, 4) is 0 Å². The predicted octanol–water partition coefficient (Wildman–Crippen LogP) is 8.88. The van der Waals surface area contributed by atoms with Crippen LogP contribution in [0.4, 0.5) is 0 Å². The number of nitrogens with zero attached hydrogens (tertiary/aromatic N) is 2. The Balaban J connectivity index is 1.79. The predicted molar refractivity (Wildman–Crippen MR) is 157 cm³/mol. The summed E-state index contributed by atoms with van der Waals surface area (Å²) >= 11 is 0. The Morgan fingerprint density at radius 3 is 1.70 bits per heavy atom. The fraction of sp³-hybridized carbons (Fsp3) is 0.394. The molecule has 3 aliphatic rings. The number of aryl methyl sites for hydroxylation is 4. The van der Waals surface area contributed by atoms with Gasteiger partial charge in [0.05, 0.1) is 22.8 Å². The van der Waals surface area contributed by atoms with Gasteiger partial charge in [0.25, 0.3) is 0 Å². The molecule has 37 heavy (non-hydrogen) atoms. The number of aromatic nitrogens is 4. The van der Waals surface area contributed by atoms with Crippen LogP contribution in [-0.2, 0) is 12.8 Å². The van der Waals surface area contributed by atoms with E-state index in [4.69, 9.17) is 9.97 Å². The molecule has 0 amide bonds. The Morgan fingerprint density at radius 1 is 0.595 bits per heavy atom. The zero-order valence-corrected chi connectivity index (χ0v) is 23.2. The van der Waals surface area contributed by atoms with Gasteiger partial charge in [-0.25, -0.2) is 9.97 Å². The molecule has 0 fully saturated rings. The average Bonchev–Trinajstić information content (AvgIpc) is 3.57. The van der Waals surface area contributed by atoms with E-state index in [2.05, 4.69) is 75.8 Å². The van der Waals surface area contributed by atoms with Gasteiger partial charge in [0.1, 0.15) is 0 Å². The van der Waals surface area contributed by atoms with Gasteiger partial charge in [0.2, 0.25) is 0 Å². The molecule has 0 unspecified atom stereocenters. The molecule has 0 saturated heterocycles. The summed E-state index contributed by atoms with van der Waals surface area (Å²) in [7, 11) is 0. The lowest BCUT2D eigenvalue weighted by Crippen LogP contribution is -1.93. The van der Waals surface area contributed by atoms with E-state index in [0.717, 1.165) is 60.4 Å². The molecule has 0 atom stereocenters. The van der Waals surface area contributed by atoms with Crippen molar-refractivity contribution < 1.29 is 0 Å². The number of fused-ring (bicyclic) bond motifs is 10. The molecule has 1 aliphatic carbocycles. The maximum Gasteiger partial charge on any atom is 0.0694 e.